The molecule has 7 nitrogen and oxygen atoms in total. The lowest BCUT2D eigenvalue weighted by atomic mass is 10.1. The van der Waals surface area contributed by atoms with Crippen molar-refractivity contribution >= 4 is 22.7 Å². The zero-order valence-electron chi connectivity index (χ0n) is 15.2. The number of hydrogen-bond donors (Lipinski definition) is 1. The highest BCUT2D eigenvalue weighted by Crippen LogP contribution is 2.36. The summed E-state index contributed by atoms with van der Waals surface area (Å²) in [6, 6.07) is 3.99. The molecule has 7 heteroatoms. The molecule has 1 aliphatic rings. The topological polar surface area (TPSA) is 74.6 Å². The van der Waals surface area contributed by atoms with E-state index in [-0.39, 0.29) is 6.04 Å². The van der Waals surface area contributed by atoms with Crippen molar-refractivity contribution in [1.29, 1.82) is 0 Å². The molecule has 1 N–H and O–H groups in total. The molecule has 1 fully saturated rings. The smallest absolute Gasteiger partial charge is 0.412 e. The van der Waals surface area contributed by atoms with Crippen LogP contribution in [0.3, 0.4) is 0 Å². The summed E-state index contributed by atoms with van der Waals surface area (Å²) in [6.07, 6.45) is 3.13. The van der Waals surface area contributed by atoms with Crippen LogP contribution in [0.25, 0.3) is 10.9 Å². The van der Waals surface area contributed by atoms with E-state index < -0.39 is 11.7 Å². The van der Waals surface area contributed by atoms with Gasteiger partial charge in [-0.3, -0.25) is 10.00 Å². The number of ether oxygens (including phenoxy) is 3. The Morgan fingerprint density at radius 3 is 2.68 bits per heavy atom. The number of methoxy groups -OCH3 is 1. The molecule has 3 rings (SSSR count). The third-order valence-corrected chi connectivity index (χ3v) is 4.09. The van der Waals surface area contributed by atoms with Gasteiger partial charge in [0.05, 0.1) is 25.0 Å². The van der Waals surface area contributed by atoms with Crippen LogP contribution in [0, 0.1) is 0 Å². The van der Waals surface area contributed by atoms with E-state index in [9.17, 15) is 4.79 Å². The molecule has 25 heavy (non-hydrogen) atoms. The fourth-order valence-electron chi connectivity index (χ4n) is 3.03. The van der Waals surface area contributed by atoms with E-state index in [2.05, 4.69) is 10.4 Å². The van der Waals surface area contributed by atoms with Gasteiger partial charge in [-0.15, -0.1) is 0 Å². The maximum absolute atomic E-state index is 12.1. The lowest BCUT2D eigenvalue weighted by Crippen LogP contribution is -2.27. The molecule has 1 amide bonds. The summed E-state index contributed by atoms with van der Waals surface area (Å²) in [7, 11) is 1.59. The SMILES string of the molecule is COc1c(NC(=O)OC(C)(C)C)ccc2cnn(C3CCOCC3)c12. The summed E-state index contributed by atoms with van der Waals surface area (Å²) in [6.45, 7) is 6.93. The van der Waals surface area contributed by atoms with Gasteiger partial charge >= 0.3 is 6.09 Å². The van der Waals surface area contributed by atoms with Crippen LogP contribution in [0.5, 0.6) is 5.75 Å². The van der Waals surface area contributed by atoms with E-state index in [0.29, 0.717) is 11.4 Å². The molecule has 1 saturated heterocycles. The molecule has 0 unspecified atom stereocenters. The second kappa shape index (κ2) is 6.92. The molecule has 0 radical (unpaired) electrons. The summed E-state index contributed by atoms with van der Waals surface area (Å²) in [4.78, 5) is 12.1. The largest absolute Gasteiger partial charge is 0.492 e. The van der Waals surface area contributed by atoms with Crippen molar-refractivity contribution in [2.24, 2.45) is 0 Å². The molecule has 0 saturated carbocycles. The zero-order chi connectivity index (χ0) is 18.0. The quantitative estimate of drug-likeness (QED) is 0.915. The molecule has 1 aromatic carbocycles. The van der Waals surface area contributed by atoms with Crippen LogP contribution in [0.15, 0.2) is 18.3 Å². The highest BCUT2D eigenvalue weighted by Gasteiger charge is 2.23. The van der Waals surface area contributed by atoms with Crippen molar-refractivity contribution < 1.29 is 19.0 Å². The number of nitrogens with zero attached hydrogens (tertiary/aromatic N) is 2. The first kappa shape index (κ1) is 17.5. The molecule has 0 atom stereocenters. The second-order valence-corrected chi connectivity index (χ2v) is 7.14. The summed E-state index contributed by atoms with van der Waals surface area (Å²) in [5, 5.41) is 8.29. The third kappa shape index (κ3) is 3.87. The van der Waals surface area contributed by atoms with Crippen LogP contribution in [0.4, 0.5) is 10.5 Å². The Hall–Kier alpha value is -2.28. The standard InChI is InChI=1S/C18H25N3O4/c1-18(2,3)25-17(22)20-14-6-5-12-11-19-21(15(12)16(14)23-4)13-7-9-24-10-8-13/h5-6,11,13H,7-10H2,1-4H3,(H,20,22). The molecule has 0 aliphatic carbocycles. The van der Waals surface area contributed by atoms with Crippen molar-refractivity contribution in [3.8, 4) is 5.75 Å². The molecule has 2 aromatic rings. The van der Waals surface area contributed by atoms with Gasteiger partial charge in [-0.1, -0.05) is 0 Å². The number of carbonyl (C=O) groups excluding carboxylic acids is 1. The highest BCUT2D eigenvalue weighted by atomic mass is 16.6. The van der Waals surface area contributed by atoms with Gasteiger partial charge in [0.25, 0.3) is 0 Å². The van der Waals surface area contributed by atoms with Crippen molar-refractivity contribution in [3.05, 3.63) is 18.3 Å². The molecule has 1 aromatic heterocycles. The summed E-state index contributed by atoms with van der Waals surface area (Å²) in [5.41, 5.74) is 0.881. The Balaban J connectivity index is 1.95. The first-order chi connectivity index (χ1) is 11.9. The fourth-order valence-corrected chi connectivity index (χ4v) is 3.03. The minimum Gasteiger partial charge on any atom is -0.492 e. The first-order valence-electron chi connectivity index (χ1n) is 8.51. The Morgan fingerprint density at radius 1 is 1.32 bits per heavy atom. The third-order valence-electron chi connectivity index (χ3n) is 4.09. The maximum Gasteiger partial charge on any atom is 0.412 e. The Kier molecular flexibility index (Phi) is 4.85. The number of hydrogen-bond acceptors (Lipinski definition) is 5. The number of nitrogens with one attached hydrogen (secondary N) is 1. The van der Waals surface area contributed by atoms with E-state index >= 15 is 0 Å². The van der Waals surface area contributed by atoms with Gasteiger partial charge in [-0.25, -0.2) is 4.79 Å². The molecule has 1 aliphatic heterocycles. The van der Waals surface area contributed by atoms with E-state index in [1.54, 1.807) is 13.2 Å². The lowest BCUT2D eigenvalue weighted by molar-refractivity contribution is 0.0635. The van der Waals surface area contributed by atoms with Crippen molar-refractivity contribution in [1.82, 2.24) is 9.78 Å². The van der Waals surface area contributed by atoms with Crippen LogP contribution in [0.1, 0.15) is 39.7 Å². The van der Waals surface area contributed by atoms with Crippen molar-refractivity contribution in [3.63, 3.8) is 0 Å². The molecule has 0 spiro atoms. The van der Waals surface area contributed by atoms with E-state index in [1.165, 1.54) is 0 Å². The summed E-state index contributed by atoms with van der Waals surface area (Å²) < 4.78 is 18.4. The number of anilines is 1. The average molecular weight is 347 g/mol. The lowest BCUT2D eigenvalue weighted by Gasteiger charge is -2.24. The van der Waals surface area contributed by atoms with E-state index in [0.717, 1.165) is 37.0 Å². The minimum atomic E-state index is -0.564. The van der Waals surface area contributed by atoms with Crippen LogP contribution >= 0.6 is 0 Å². The molecule has 2 heterocycles. The van der Waals surface area contributed by atoms with Crippen LogP contribution in [-0.2, 0) is 9.47 Å². The number of benzene rings is 1. The first-order valence-corrected chi connectivity index (χ1v) is 8.51. The fraction of sp³-hybridized carbons (Fsp3) is 0.556. The highest BCUT2D eigenvalue weighted by molar-refractivity contribution is 5.96. The van der Waals surface area contributed by atoms with Gasteiger partial charge in [-0.2, -0.15) is 5.10 Å². The maximum atomic E-state index is 12.1. The van der Waals surface area contributed by atoms with Crippen molar-refractivity contribution in [2.45, 2.75) is 45.3 Å². The zero-order valence-corrected chi connectivity index (χ0v) is 15.2. The van der Waals surface area contributed by atoms with Crippen molar-refractivity contribution in [2.75, 3.05) is 25.6 Å². The normalized spacial score (nSPS) is 16.0. The number of aromatic nitrogens is 2. The second-order valence-electron chi connectivity index (χ2n) is 7.14. The van der Waals surface area contributed by atoms with Crippen LogP contribution < -0.4 is 10.1 Å². The summed E-state index contributed by atoms with van der Waals surface area (Å²) >= 11 is 0. The molecule has 0 bridgehead atoms. The number of amides is 1. The molecular formula is C18H25N3O4. The van der Waals surface area contributed by atoms with Gasteiger partial charge in [0.2, 0.25) is 0 Å². The van der Waals surface area contributed by atoms with Crippen LogP contribution in [0.2, 0.25) is 0 Å². The number of fused-ring (bicyclic) bond motifs is 1. The van der Waals surface area contributed by atoms with E-state index in [4.69, 9.17) is 14.2 Å². The predicted octanol–water partition coefficient (Wildman–Crippen LogP) is 3.74. The van der Waals surface area contributed by atoms with Gasteiger partial charge in [0.1, 0.15) is 11.1 Å². The number of rotatable bonds is 3. The molecular weight excluding hydrogens is 322 g/mol. The van der Waals surface area contributed by atoms with Gasteiger partial charge < -0.3 is 14.2 Å². The van der Waals surface area contributed by atoms with Gasteiger partial charge in [0.15, 0.2) is 5.75 Å². The summed E-state index contributed by atoms with van der Waals surface area (Å²) in [5.74, 6) is 0.590. The van der Waals surface area contributed by atoms with Gasteiger partial charge in [-0.05, 0) is 45.7 Å². The van der Waals surface area contributed by atoms with Gasteiger partial charge in [0, 0.05) is 18.6 Å². The Bertz CT molecular complexity index is 758. The minimum absolute atomic E-state index is 0.261. The number of carbonyl (C=O) groups is 1. The predicted molar refractivity (Wildman–Crippen MR) is 95.2 cm³/mol. The Morgan fingerprint density at radius 2 is 2.04 bits per heavy atom. The average Bonchev–Trinajstić information content (AvgIpc) is 2.98. The molecule has 136 valence electrons. The van der Waals surface area contributed by atoms with Crippen LogP contribution in [-0.4, -0.2) is 41.8 Å². The Labute approximate surface area is 147 Å². The monoisotopic (exact) mass is 347 g/mol. The van der Waals surface area contributed by atoms with E-state index in [1.807, 2.05) is 37.7 Å².